The second-order valence-corrected chi connectivity index (χ2v) is 8.54. The Kier molecular flexibility index (Phi) is 5.41. The third kappa shape index (κ3) is 3.79. The smallest absolute Gasteiger partial charge is 0.250 e. The van der Waals surface area contributed by atoms with Gasteiger partial charge < -0.3 is 4.57 Å². The summed E-state index contributed by atoms with van der Waals surface area (Å²) in [5.41, 5.74) is 6.91. The van der Waals surface area contributed by atoms with E-state index in [1.54, 1.807) is 29.8 Å². The second kappa shape index (κ2) is 7.99. The summed E-state index contributed by atoms with van der Waals surface area (Å²) in [6.45, 7) is 4.15. The van der Waals surface area contributed by atoms with Crippen LogP contribution in [0.15, 0.2) is 64.5 Å². The van der Waals surface area contributed by atoms with Gasteiger partial charge in [-0.25, -0.2) is 4.39 Å². The summed E-state index contributed by atoms with van der Waals surface area (Å²) >= 11 is 1.88. The molecule has 0 amide bonds. The zero-order chi connectivity index (χ0) is 20.5. The van der Waals surface area contributed by atoms with E-state index in [0.29, 0.717) is 0 Å². The zero-order valence-electron chi connectivity index (χ0n) is 16.8. The Morgan fingerprint density at radius 1 is 1.07 bits per heavy atom. The number of aliphatic imine (C=N–C) groups is 1. The van der Waals surface area contributed by atoms with Gasteiger partial charge in [0.05, 0.1) is 11.8 Å². The van der Waals surface area contributed by atoms with Crippen molar-refractivity contribution < 1.29 is 4.39 Å². The van der Waals surface area contributed by atoms with Gasteiger partial charge in [0, 0.05) is 41.8 Å². The molecule has 0 saturated carbocycles. The van der Waals surface area contributed by atoms with E-state index >= 15 is 0 Å². The number of benzene rings is 2. The average molecular weight is 407 g/mol. The highest BCUT2D eigenvalue weighted by atomic mass is 32.2. The number of nitrogens with zero attached hydrogens (tertiary/aromatic N) is 2. The number of halogens is 1. The van der Waals surface area contributed by atoms with Crippen LogP contribution >= 0.6 is 11.8 Å². The molecule has 4 rings (SSSR count). The molecule has 2 aromatic carbocycles. The van der Waals surface area contributed by atoms with E-state index in [1.807, 2.05) is 24.9 Å². The van der Waals surface area contributed by atoms with Gasteiger partial charge in [-0.2, -0.15) is 11.8 Å². The fraction of sp³-hybridized carbons (Fsp3) is 0.250. The number of hydrogen-bond donors (Lipinski definition) is 0. The SMILES string of the molecule is CCSCc1ccc2c(c1)-c1cn(C)c(=O)cc1[C@H](C)N=C2c1ccc(F)cc1. The maximum Gasteiger partial charge on any atom is 0.250 e. The molecule has 2 heterocycles. The molecule has 3 aromatic rings. The summed E-state index contributed by atoms with van der Waals surface area (Å²) in [5.74, 6) is 1.72. The monoisotopic (exact) mass is 406 g/mol. The molecule has 1 aliphatic heterocycles. The molecule has 0 spiro atoms. The Morgan fingerprint density at radius 3 is 2.55 bits per heavy atom. The Hall–Kier alpha value is -2.66. The van der Waals surface area contributed by atoms with E-state index in [2.05, 4.69) is 25.1 Å². The van der Waals surface area contributed by atoms with E-state index in [-0.39, 0.29) is 17.4 Å². The van der Waals surface area contributed by atoms with Crippen LogP contribution in [0.3, 0.4) is 0 Å². The number of hydrogen-bond acceptors (Lipinski definition) is 3. The topological polar surface area (TPSA) is 34.4 Å². The minimum Gasteiger partial charge on any atom is -0.318 e. The van der Waals surface area contributed by atoms with Crippen molar-refractivity contribution >= 4 is 17.5 Å². The molecule has 0 fully saturated rings. The first-order chi connectivity index (χ1) is 14.0. The van der Waals surface area contributed by atoms with Gasteiger partial charge in [-0.05, 0) is 59.7 Å². The highest BCUT2D eigenvalue weighted by molar-refractivity contribution is 7.98. The number of pyridine rings is 1. The lowest BCUT2D eigenvalue weighted by molar-refractivity contribution is 0.628. The quantitative estimate of drug-likeness (QED) is 0.585. The number of thioether (sulfide) groups is 1. The molecule has 1 aliphatic rings. The predicted octanol–water partition coefficient (Wildman–Crippen LogP) is 5.36. The van der Waals surface area contributed by atoms with E-state index in [1.165, 1.54) is 17.7 Å². The molecule has 0 unspecified atom stereocenters. The Labute approximate surface area is 174 Å². The molecule has 0 bridgehead atoms. The number of aryl methyl sites for hydroxylation is 1. The van der Waals surface area contributed by atoms with Gasteiger partial charge in [-0.3, -0.25) is 9.79 Å². The molecule has 5 heteroatoms. The van der Waals surface area contributed by atoms with Crippen LogP contribution in [0.2, 0.25) is 0 Å². The summed E-state index contributed by atoms with van der Waals surface area (Å²) in [6, 6.07) is 14.4. The Balaban J connectivity index is 1.98. The average Bonchev–Trinajstić information content (AvgIpc) is 2.83. The van der Waals surface area contributed by atoms with Gasteiger partial charge in [0.15, 0.2) is 0 Å². The molecular formula is C24H23FN2OS. The van der Waals surface area contributed by atoms with Gasteiger partial charge in [0.25, 0.3) is 5.56 Å². The van der Waals surface area contributed by atoms with E-state index in [9.17, 15) is 9.18 Å². The zero-order valence-corrected chi connectivity index (χ0v) is 17.6. The highest BCUT2D eigenvalue weighted by Gasteiger charge is 2.24. The van der Waals surface area contributed by atoms with Crippen LogP contribution in [-0.4, -0.2) is 16.0 Å². The van der Waals surface area contributed by atoms with Crippen molar-refractivity contribution in [1.29, 1.82) is 0 Å². The molecule has 1 atom stereocenters. The normalized spacial score (nSPS) is 15.3. The van der Waals surface area contributed by atoms with Crippen LogP contribution in [0.1, 0.15) is 42.1 Å². The Morgan fingerprint density at radius 2 is 1.83 bits per heavy atom. The summed E-state index contributed by atoms with van der Waals surface area (Å²) in [6.07, 6.45) is 1.91. The second-order valence-electron chi connectivity index (χ2n) is 7.27. The van der Waals surface area contributed by atoms with Crippen LogP contribution in [0, 0.1) is 5.82 Å². The van der Waals surface area contributed by atoms with Crippen molar-refractivity contribution in [2.75, 3.05) is 5.75 Å². The molecule has 1 aromatic heterocycles. The molecule has 3 nitrogen and oxygen atoms in total. The van der Waals surface area contributed by atoms with E-state index in [4.69, 9.17) is 4.99 Å². The van der Waals surface area contributed by atoms with Crippen LogP contribution < -0.4 is 5.56 Å². The van der Waals surface area contributed by atoms with Crippen LogP contribution in [0.4, 0.5) is 4.39 Å². The first kappa shape index (κ1) is 19.6. The third-order valence-electron chi connectivity index (χ3n) is 5.25. The molecule has 0 saturated heterocycles. The molecule has 29 heavy (non-hydrogen) atoms. The number of fused-ring (bicyclic) bond motifs is 3. The first-order valence-corrected chi connectivity index (χ1v) is 10.9. The lowest BCUT2D eigenvalue weighted by Gasteiger charge is -2.15. The lowest BCUT2D eigenvalue weighted by atomic mass is 9.91. The molecule has 0 radical (unpaired) electrons. The van der Waals surface area contributed by atoms with Crippen LogP contribution in [0.5, 0.6) is 0 Å². The van der Waals surface area contributed by atoms with Crippen molar-refractivity contribution in [1.82, 2.24) is 4.57 Å². The Bertz CT molecular complexity index is 1150. The molecule has 0 N–H and O–H groups in total. The predicted molar refractivity (Wildman–Crippen MR) is 119 cm³/mol. The van der Waals surface area contributed by atoms with Crippen molar-refractivity contribution in [3.05, 3.63) is 93.2 Å². The minimum absolute atomic E-state index is 0.0460. The van der Waals surface area contributed by atoms with E-state index in [0.717, 1.165) is 45.0 Å². The minimum atomic E-state index is -0.269. The largest absolute Gasteiger partial charge is 0.318 e. The number of rotatable bonds is 4. The summed E-state index contributed by atoms with van der Waals surface area (Å²) in [4.78, 5) is 17.3. The lowest BCUT2D eigenvalue weighted by Crippen LogP contribution is -2.17. The first-order valence-electron chi connectivity index (χ1n) is 9.73. The maximum absolute atomic E-state index is 13.5. The fourth-order valence-electron chi connectivity index (χ4n) is 3.72. The molecule has 0 aliphatic carbocycles. The van der Waals surface area contributed by atoms with Crippen molar-refractivity contribution in [3.63, 3.8) is 0 Å². The summed E-state index contributed by atoms with van der Waals surface area (Å²) in [5, 5.41) is 0. The standard InChI is InChI=1S/C24H23FN2OS/c1-4-29-14-16-5-10-19-21(11-16)22-13-27(3)23(28)12-20(22)15(2)26-24(19)17-6-8-18(25)9-7-17/h5-13,15H,4,14H2,1-3H3/t15-/m0/s1. The fourth-order valence-corrected chi connectivity index (χ4v) is 4.34. The molecular weight excluding hydrogens is 383 g/mol. The van der Waals surface area contributed by atoms with Crippen molar-refractivity contribution in [2.24, 2.45) is 12.0 Å². The summed E-state index contributed by atoms with van der Waals surface area (Å²) in [7, 11) is 1.77. The van der Waals surface area contributed by atoms with Gasteiger partial charge in [-0.1, -0.05) is 19.1 Å². The highest BCUT2D eigenvalue weighted by Crippen LogP contribution is 2.37. The maximum atomic E-state index is 13.5. The van der Waals surface area contributed by atoms with Gasteiger partial charge in [0.1, 0.15) is 5.82 Å². The van der Waals surface area contributed by atoms with Crippen LogP contribution in [-0.2, 0) is 12.8 Å². The van der Waals surface area contributed by atoms with Gasteiger partial charge >= 0.3 is 0 Å². The summed E-state index contributed by atoms with van der Waals surface area (Å²) < 4.78 is 15.1. The third-order valence-corrected chi connectivity index (χ3v) is 6.20. The van der Waals surface area contributed by atoms with Gasteiger partial charge in [-0.15, -0.1) is 0 Å². The molecule has 148 valence electrons. The van der Waals surface area contributed by atoms with Crippen molar-refractivity contribution in [2.45, 2.75) is 25.6 Å². The van der Waals surface area contributed by atoms with E-state index < -0.39 is 0 Å². The van der Waals surface area contributed by atoms with Crippen molar-refractivity contribution in [3.8, 4) is 11.1 Å². The van der Waals surface area contributed by atoms with Gasteiger partial charge in [0.2, 0.25) is 0 Å². The van der Waals surface area contributed by atoms with Crippen LogP contribution in [0.25, 0.3) is 11.1 Å². The number of aromatic nitrogens is 1.